The Hall–Kier alpha value is -3.13. The fraction of sp³-hybridized carbons (Fsp3) is 0. The Morgan fingerprint density at radius 3 is 2.37 bits per heavy atom. The zero-order valence-corrected chi connectivity index (χ0v) is 17.6. The third kappa shape index (κ3) is 4.09. The van der Waals surface area contributed by atoms with Gasteiger partial charge in [-0.1, -0.05) is 47.5 Å². The lowest BCUT2D eigenvalue weighted by Gasteiger charge is -2.13. The van der Waals surface area contributed by atoms with Crippen molar-refractivity contribution in [2.24, 2.45) is 0 Å². The minimum Gasteiger partial charge on any atom is -0.320 e. The second-order valence-electron chi connectivity index (χ2n) is 6.17. The van der Waals surface area contributed by atoms with E-state index in [4.69, 9.17) is 23.2 Å². The first-order chi connectivity index (χ1) is 14.5. The molecule has 3 N–H and O–H groups in total. The van der Waals surface area contributed by atoms with E-state index in [0.717, 1.165) is 0 Å². The largest absolute Gasteiger partial charge is 0.320 e. The molecule has 0 unspecified atom stereocenters. The molecule has 0 aliphatic rings. The summed E-state index contributed by atoms with van der Waals surface area (Å²) < 4.78 is 0. The number of pyridine rings is 1. The van der Waals surface area contributed by atoms with Gasteiger partial charge >= 0.3 is 0 Å². The Labute approximate surface area is 185 Å². The number of hydrazine groups is 1. The van der Waals surface area contributed by atoms with E-state index in [-0.39, 0.29) is 21.5 Å². The van der Waals surface area contributed by atoms with Gasteiger partial charge in [0.15, 0.2) is 0 Å². The van der Waals surface area contributed by atoms with Gasteiger partial charge in [0, 0.05) is 11.6 Å². The molecule has 2 heterocycles. The molecule has 0 fully saturated rings. The fourth-order valence-corrected chi connectivity index (χ4v) is 4.07. The van der Waals surface area contributed by atoms with E-state index in [1.54, 1.807) is 48.7 Å². The van der Waals surface area contributed by atoms with Gasteiger partial charge in [0.25, 0.3) is 11.8 Å². The molecule has 2 amide bonds. The van der Waals surface area contributed by atoms with Crippen molar-refractivity contribution in [2.45, 2.75) is 0 Å². The van der Waals surface area contributed by atoms with Gasteiger partial charge in [-0.3, -0.25) is 25.4 Å². The second-order valence-corrected chi connectivity index (χ2v) is 7.93. The average Bonchev–Trinajstić information content (AvgIpc) is 3.27. The summed E-state index contributed by atoms with van der Waals surface area (Å²) in [6.07, 6.45) is 1.58. The van der Waals surface area contributed by atoms with E-state index in [2.05, 4.69) is 21.2 Å². The van der Waals surface area contributed by atoms with Gasteiger partial charge in [0.05, 0.1) is 37.4 Å². The molecule has 0 bridgehead atoms. The summed E-state index contributed by atoms with van der Waals surface area (Å²) in [6.45, 7) is 0. The predicted molar refractivity (Wildman–Crippen MR) is 122 cm³/mol. The van der Waals surface area contributed by atoms with Crippen molar-refractivity contribution >= 4 is 68.6 Å². The summed E-state index contributed by atoms with van der Waals surface area (Å²) in [5.74, 6) is -0.683. The molecule has 0 atom stereocenters. The summed E-state index contributed by atoms with van der Waals surface area (Å²) in [5.41, 5.74) is 7.44. The minimum atomic E-state index is -0.440. The number of nitrogens with one attached hydrogen (secondary N) is 3. The lowest BCUT2D eigenvalue weighted by Crippen LogP contribution is -2.28. The summed E-state index contributed by atoms with van der Waals surface area (Å²) >= 11 is 13.6. The highest BCUT2D eigenvalue weighted by Gasteiger charge is 2.16. The van der Waals surface area contributed by atoms with Gasteiger partial charge in [-0.05, 0) is 35.7 Å². The average molecular weight is 457 g/mol. The number of nitrogens with zero attached hydrogens (tertiary/aromatic N) is 1. The van der Waals surface area contributed by atoms with Crippen LogP contribution in [0.25, 0.3) is 10.9 Å². The number of para-hydroxylation sites is 1. The van der Waals surface area contributed by atoms with Crippen LogP contribution >= 0.6 is 34.5 Å². The number of thiophene rings is 1. The van der Waals surface area contributed by atoms with Gasteiger partial charge in [-0.2, -0.15) is 0 Å². The first-order valence-corrected chi connectivity index (χ1v) is 10.4. The normalized spacial score (nSPS) is 10.6. The van der Waals surface area contributed by atoms with Gasteiger partial charge in [-0.25, -0.2) is 0 Å². The van der Waals surface area contributed by atoms with E-state index in [1.165, 1.54) is 11.3 Å². The van der Waals surface area contributed by atoms with Crippen LogP contribution in [0.4, 0.5) is 11.4 Å². The number of halogens is 2. The second kappa shape index (κ2) is 8.71. The number of rotatable bonds is 5. The lowest BCUT2D eigenvalue weighted by molar-refractivity contribution is 0.0965. The highest BCUT2D eigenvalue weighted by molar-refractivity contribution is 7.12. The summed E-state index contributed by atoms with van der Waals surface area (Å²) in [7, 11) is 0. The fourth-order valence-electron chi connectivity index (χ4n) is 2.88. The van der Waals surface area contributed by atoms with E-state index < -0.39 is 5.91 Å². The monoisotopic (exact) mass is 456 g/mol. The number of hydrogen-bond donors (Lipinski definition) is 3. The Kier molecular flexibility index (Phi) is 5.85. The topological polar surface area (TPSA) is 83.1 Å². The van der Waals surface area contributed by atoms with Crippen LogP contribution in [-0.2, 0) is 0 Å². The molecule has 4 rings (SSSR count). The Morgan fingerprint density at radius 2 is 1.63 bits per heavy atom. The van der Waals surface area contributed by atoms with E-state index >= 15 is 0 Å². The molecular weight excluding hydrogens is 443 g/mol. The van der Waals surface area contributed by atoms with Crippen molar-refractivity contribution < 1.29 is 9.59 Å². The highest BCUT2D eigenvalue weighted by Crippen LogP contribution is 2.29. The number of anilines is 2. The molecule has 150 valence electrons. The van der Waals surface area contributed by atoms with Crippen LogP contribution in [0.15, 0.2) is 66.2 Å². The molecule has 0 saturated heterocycles. The molecule has 6 nitrogen and oxygen atoms in total. The number of amides is 2. The zero-order valence-electron chi connectivity index (χ0n) is 15.3. The van der Waals surface area contributed by atoms with Crippen molar-refractivity contribution in [2.75, 3.05) is 10.7 Å². The Morgan fingerprint density at radius 1 is 0.867 bits per heavy atom. The maximum absolute atomic E-state index is 12.8. The van der Waals surface area contributed by atoms with E-state index in [1.807, 2.05) is 17.5 Å². The van der Waals surface area contributed by atoms with Crippen molar-refractivity contribution in [3.8, 4) is 0 Å². The number of fused-ring (bicyclic) bond motifs is 1. The predicted octanol–water partition coefficient (Wildman–Crippen LogP) is 5.61. The van der Waals surface area contributed by atoms with Crippen LogP contribution in [0.3, 0.4) is 0 Å². The summed E-state index contributed by atoms with van der Waals surface area (Å²) in [5, 5.41) is 5.87. The third-order valence-electron chi connectivity index (χ3n) is 4.26. The van der Waals surface area contributed by atoms with Crippen molar-refractivity contribution in [3.63, 3.8) is 0 Å². The van der Waals surface area contributed by atoms with E-state index in [9.17, 15) is 9.59 Å². The molecular formula is C21H14Cl2N4O2S. The van der Waals surface area contributed by atoms with Crippen LogP contribution in [0.5, 0.6) is 0 Å². The Bertz CT molecular complexity index is 1220. The number of carbonyl (C=O) groups excluding carboxylic acids is 2. The first-order valence-electron chi connectivity index (χ1n) is 8.77. The third-order valence-corrected chi connectivity index (χ3v) is 5.76. The first kappa shape index (κ1) is 20.2. The van der Waals surface area contributed by atoms with Crippen molar-refractivity contribution in [3.05, 3.63) is 86.7 Å². The molecule has 0 aliphatic heterocycles. The van der Waals surface area contributed by atoms with Crippen LogP contribution in [-0.4, -0.2) is 16.8 Å². The van der Waals surface area contributed by atoms with Gasteiger partial charge in [0.2, 0.25) is 0 Å². The molecule has 4 aromatic rings. The van der Waals surface area contributed by atoms with Gasteiger partial charge < -0.3 is 5.32 Å². The molecule has 2 aromatic carbocycles. The number of hydrogen-bond acceptors (Lipinski definition) is 5. The smallest absolute Gasteiger partial charge is 0.279 e. The summed E-state index contributed by atoms with van der Waals surface area (Å²) in [4.78, 5) is 29.9. The van der Waals surface area contributed by atoms with Crippen molar-refractivity contribution in [1.29, 1.82) is 0 Å². The number of carbonyl (C=O) groups is 2. The highest BCUT2D eigenvalue weighted by atomic mass is 35.5. The van der Waals surface area contributed by atoms with Gasteiger partial charge in [-0.15, -0.1) is 11.3 Å². The zero-order chi connectivity index (χ0) is 21.1. The Balaban J connectivity index is 1.60. The molecule has 0 saturated carbocycles. The van der Waals surface area contributed by atoms with Crippen LogP contribution in [0.2, 0.25) is 10.0 Å². The van der Waals surface area contributed by atoms with Gasteiger partial charge in [0.1, 0.15) is 0 Å². The molecule has 30 heavy (non-hydrogen) atoms. The lowest BCUT2D eigenvalue weighted by atomic mass is 10.1. The van der Waals surface area contributed by atoms with Crippen LogP contribution < -0.4 is 16.2 Å². The quantitative estimate of drug-likeness (QED) is 0.340. The maximum atomic E-state index is 12.8. The number of aromatic nitrogens is 1. The molecule has 9 heteroatoms. The standard InChI is InChI=1S/C21H14Cl2N4O2S/c22-13-5-2-6-14(23)18(13)21(29)25-16-7-1-4-12-15(9-10-24-19(12)16)26-27-20(28)17-8-3-11-30-17/h1-11H,(H,24,26)(H,25,29)(H,27,28). The maximum Gasteiger partial charge on any atom is 0.279 e. The molecule has 0 aliphatic carbocycles. The molecule has 0 spiro atoms. The minimum absolute atomic E-state index is 0.190. The molecule has 2 aromatic heterocycles. The summed E-state index contributed by atoms with van der Waals surface area (Å²) in [6, 6.07) is 15.5. The molecule has 0 radical (unpaired) electrons. The number of benzene rings is 2. The van der Waals surface area contributed by atoms with Crippen molar-refractivity contribution in [1.82, 2.24) is 10.4 Å². The van der Waals surface area contributed by atoms with Crippen LogP contribution in [0.1, 0.15) is 20.0 Å². The SMILES string of the molecule is O=C(NNc1ccnc2c(NC(=O)c3c(Cl)cccc3Cl)cccc12)c1cccs1. The van der Waals surface area contributed by atoms with E-state index in [0.29, 0.717) is 27.2 Å². The van der Waals surface area contributed by atoms with Crippen LogP contribution in [0, 0.1) is 0 Å².